The molecule has 1 atom stereocenters. The molecular formula is C19H23N5S. The van der Waals surface area contributed by atoms with Gasteiger partial charge in [-0.05, 0) is 43.3 Å². The topological polar surface area (TPSA) is 46.8 Å². The number of aryl methyl sites for hydroxylation is 1. The molecule has 3 aromatic heterocycles. The lowest BCUT2D eigenvalue weighted by molar-refractivity contribution is 0.461. The molecule has 1 fully saturated rings. The lowest BCUT2D eigenvalue weighted by atomic mass is 9.97. The second-order valence-corrected chi connectivity index (χ2v) is 7.46. The molecule has 0 amide bonds. The van der Waals surface area contributed by atoms with Gasteiger partial charge in [-0.1, -0.05) is 12.1 Å². The summed E-state index contributed by atoms with van der Waals surface area (Å²) in [5, 5.41) is 6.86. The van der Waals surface area contributed by atoms with Gasteiger partial charge in [0, 0.05) is 43.0 Å². The van der Waals surface area contributed by atoms with E-state index in [1.165, 1.54) is 11.3 Å². The first kappa shape index (κ1) is 16.3. The molecule has 6 heteroatoms. The predicted octanol–water partition coefficient (Wildman–Crippen LogP) is 3.73. The molecule has 0 N–H and O–H groups in total. The standard InChI is InChI=1S/C19H23N5S/c1-2-24-19(21-17(22-24)13-16-8-6-12-25-16)15-7-5-11-23(14-15)18-9-3-4-10-20-18/h3-4,6,8-10,12,15H,2,5,7,11,13-14H2,1H3/t15-/m1/s1. The minimum atomic E-state index is 0.417. The number of pyridine rings is 1. The van der Waals surface area contributed by atoms with E-state index in [0.29, 0.717) is 5.92 Å². The third-order valence-corrected chi connectivity index (χ3v) is 5.59. The maximum atomic E-state index is 4.92. The third kappa shape index (κ3) is 3.58. The fourth-order valence-electron chi connectivity index (χ4n) is 3.52. The summed E-state index contributed by atoms with van der Waals surface area (Å²) >= 11 is 1.77. The zero-order valence-corrected chi connectivity index (χ0v) is 15.3. The van der Waals surface area contributed by atoms with Crippen molar-refractivity contribution in [2.45, 2.75) is 38.6 Å². The minimum Gasteiger partial charge on any atom is -0.356 e. The molecule has 4 heterocycles. The van der Waals surface area contributed by atoms with E-state index >= 15 is 0 Å². The van der Waals surface area contributed by atoms with Crippen LogP contribution in [0.1, 0.15) is 42.2 Å². The highest BCUT2D eigenvalue weighted by Crippen LogP contribution is 2.28. The van der Waals surface area contributed by atoms with Crippen molar-refractivity contribution in [1.29, 1.82) is 0 Å². The summed E-state index contributed by atoms with van der Waals surface area (Å²) in [7, 11) is 0. The van der Waals surface area contributed by atoms with Crippen molar-refractivity contribution in [3.63, 3.8) is 0 Å². The number of aromatic nitrogens is 4. The van der Waals surface area contributed by atoms with Gasteiger partial charge in [-0.2, -0.15) is 5.10 Å². The molecule has 0 aromatic carbocycles. The van der Waals surface area contributed by atoms with Gasteiger partial charge in [0.15, 0.2) is 5.82 Å². The largest absolute Gasteiger partial charge is 0.356 e. The Bertz CT molecular complexity index is 797. The average Bonchev–Trinajstić information content (AvgIpc) is 3.32. The quantitative estimate of drug-likeness (QED) is 0.701. The van der Waals surface area contributed by atoms with Crippen LogP contribution in [0.4, 0.5) is 5.82 Å². The van der Waals surface area contributed by atoms with Gasteiger partial charge in [-0.15, -0.1) is 11.3 Å². The van der Waals surface area contributed by atoms with E-state index in [2.05, 4.69) is 51.1 Å². The Kier molecular flexibility index (Phi) is 4.78. The van der Waals surface area contributed by atoms with Crippen LogP contribution in [-0.2, 0) is 13.0 Å². The van der Waals surface area contributed by atoms with Crippen LogP contribution in [0.15, 0.2) is 41.9 Å². The van der Waals surface area contributed by atoms with Crippen molar-refractivity contribution in [3.8, 4) is 0 Å². The van der Waals surface area contributed by atoms with Gasteiger partial charge in [0.25, 0.3) is 0 Å². The van der Waals surface area contributed by atoms with Crippen LogP contribution in [0, 0.1) is 0 Å². The average molecular weight is 353 g/mol. The fourth-order valence-corrected chi connectivity index (χ4v) is 4.22. The SMILES string of the molecule is CCn1nc(Cc2cccs2)nc1[C@@H]1CCCN(c2ccccn2)C1. The minimum absolute atomic E-state index is 0.417. The Balaban J connectivity index is 1.55. The first-order valence-corrected chi connectivity index (χ1v) is 9.83. The van der Waals surface area contributed by atoms with Gasteiger partial charge >= 0.3 is 0 Å². The highest BCUT2D eigenvalue weighted by Gasteiger charge is 2.26. The molecule has 0 aliphatic carbocycles. The summed E-state index contributed by atoms with van der Waals surface area (Å²) in [6.07, 6.45) is 5.03. The number of hydrogen-bond acceptors (Lipinski definition) is 5. The van der Waals surface area contributed by atoms with Crippen LogP contribution in [0.25, 0.3) is 0 Å². The smallest absolute Gasteiger partial charge is 0.156 e. The highest BCUT2D eigenvalue weighted by atomic mass is 32.1. The molecular weight excluding hydrogens is 330 g/mol. The zero-order valence-electron chi connectivity index (χ0n) is 14.5. The van der Waals surface area contributed by atoms with Gasteiger partial charge in [0.2, 0.25) is 0 Å². The van der Waals surface area contributed by atoms with Gasteiger partial charge in [0.1, 0.15) is 11.6 Å². The van der Waals surface area contributed by atoms with E-state index in [-0.39, 0.29) is 0 Å². The molecule has 4 rings (SSSR count). The number of rotatable bonds is 5. The van der Waals surface area contributed by atoms with E-state index in [1.807, 2.05) is 12.3 Å². The summed E-state index contributed by atoms with van der Waals surface area (Å²) in [5.74, 6) is 3.55. The molecule has 3 aromatic rings. The Hall–Kier alpha value is -2.21. The molecule has 1 saturated heterocycles. The van der Waals surface area contributed by atoms with Crippen molar-refractivity contribution in [1.82, 2.24) is 19.7 Å². The zero-order chi connectivity index (χ0) is 17.1. The van der Waals surface area contributed by atoms with E-state index < -0.39 is 0 Å². The monoisotopic (exact) mass is 353 g/mol. The van der Waals surface area contributed by atoms with Crippen molar-refractivity contribution < 1.29 is 0 Å². The van der Waals surface area contributed by atoms with Crippen LogP contribution < -0.4 is 4.90 Å². The second-order valence-electron chi connectivity index (χ2n) is 6.43. The van der Waals surface area contributed by atoms with Crippen molar-refractivity contribution in [2.75, 3.05) is 18.0 Å². The number of nitrogens with zero attached hydrogens (tertiary/aromatic N) is 5. The van der Waals surface area contributed by atoms with Crippen molar-refractivity contribution >= 4 is 17.2 Å². The van der Waals surface area contributed by atoms with Crippen LogP contribution in [-0.4, -0.2) is 32.8 Å². The summed E-state index contributed by atoms with van der Waals surface area (Å²) < 4.78 is 2.09. The Labute approximate surface area is 152 Å². The number of thiophene rings is 1. The molecule has 0 saturated carbocycles. The van der Waals surface area contributed by atoms with Gasteiger partial charge in [0.05, 0.1) is 0 Å². The molecule has 1 aliphatic heterocycles. The van der Waals surface area contributed by atoms with E-state index in [9.17, 15) is 0 Å². The lowest BCUT2D eigenvalue weighted by Gasteiger charge is -2.33. The summed E-state index contributed by atoms with van der Waals surface area (Å²) in [6.45, 7) is 5.04. The number of hydrogen-bond donors (Lipinski definition) is 0. The molecule has 1 aliphatic rings. The van der Waals surface area contributed by atoms with Crippen LogP contribution in [0.5, 0.6) is 0 Å². The maximum absolute atomic E-state index is 4.92. The van der Waals surface area contributed by atoms with E-state index in [4.69, 9.17) is 10.1 Å². The maximum Gasteiger partial charge on any atom is 0.156 e. The molecule has 25 heavy (non-hydrogen) atoms. The third-order valence-electron chi connectivity index (χ3n) is 4.72. The van der Waals surface area contributed by atoms with Crippen LogP contribution in [0.3, 0.4) is 0 Å². The van der Waals surface area contributed by atoms with Gasteiger partial charge < -0.3 is 4.90 Å². The van der Waals surface area contributed by atoms with E-state index in [1.54, 1.807) is 11.3 Å². The Morgan fingerprint density at radius 3 is 2.96 bits per heavy atom. The molecule has 130 valence electrons. The Morgan fingerprint density at radius 2 is 2.20 bits per heavy atom. The second kappa shape index (κ2) is 7.35. The van der Waals surface area contributed by atoms with Gasteiger partial charge in [-0.25, -0.2) is 14.6 Å². The fraction of sp³-hybridized carbons (Fsp3) is 0.421. The van der Waals surface area contributed by atoms with Crippen molar-refractivity contribution in [3.05, 3.63) is 58.4 Å². The first-order valence-electron chi connectivity index (χ1n) is 8.95. The summed E-state index contributed by atoms with van der Waals surface area (Å²) in [5.41, 5.74) is 0. The molecule has 0 bridgehead atoms. The van der Waals surface area contributed by atoms with Crippen LogP contribution >= 0.6 is 11.3 Å². The first-order chi connectivity index (χ1) is 12.3. The number of piperidine rings is 1. The molecule has 0 spiro atoms. The van der Waals surface area contributed by atoms with Crippen molar-refractivity contribution in [2.24, 2.45) is 0 Å². The van der Waals surface area contributed by atoms with Gasteiger partial charge in [-0.3, -0.25) is 0 Å². The Morgan fingerprint density at radius 1 is 1.24 bits per heavy atom. The molecule has 0 radical (unpaired) electrons. The predicted molar refractivity (Wildman–Crippen MR) is 101 cm³/mol. The number of anilines is 1. The molecule has 5 nitrogen and oxygen atoms in total. The normalized spacial score (nSPS) is 17.8. The summed E-state index contributed by atoms with van der Waals surface area (Å²) in [4.78, 5) is 13.1. The molecule has 0 unspecified atom stereocenters. The van der Waals surface area contributed by atoms with E-state index in [0.717, 1.165) is 49.9 Å². The lowest BCUT2D eigenvalue weighted by Crippen LogP contribution is -2.36. The summed E-state index contributed by atoms with van der Waals surface area (Å²) in [6, 6.07) is 10.4. The highest BCUT2D eigenvalue weighted by molar-refractivity contribution is 7.09. The van der Waals surface area contributed by atoms with Crippen LogP contribution in [0.2, 0.25) is 0 Å².